The van der Waals surface area contributed by atoms with Crippen LogP contribution in [0.3, 0.4) is 0 Å². The summed E-state index contributed by atoms with van der Waals surface area (Å²) in [5.41, 5.74) is 1.30. The van der Waals surface area contributed by atoms with E-state index in [1.54, 1.807) is 29.7 Å². The molecule has 12 heteroatoms. The zero-order valence-electron chi connectivity index (χ0n) is 16.8. The Morgan fingerprint density at radius 3 is 2.45 bits per heavy atom. The third kappa shape index (κ3) is 6.04. The molecule has 12 nitrogen and oxygen atoms in total. The van der Waals surface area contributed by atoms with Gasteiger partial charge in [0, 0.05) is 23.9 Å². The first kappa shape index (κ1) is 23.4. The van der Waals surface area contributed by atoms with Crippen LogP contribution in [-0.4, -0.2) is 53.4 Å². The predicted molar refractivity (Wildman–Crippen MR) is 113 cm³/mol. The first-order chi connectivity index (χ1) is 14.8. The van der Waals surface area contributed by atoms with Gasteiger partial charge in [-0.2, -0.15) is 0 Å². The minimum Gasteiger partial charge on any atom is -0.497 e. The molecule has 0 radical (unpaired) electrons. The summed E-state index contributed by atoms with van der Waals surface area (Å²) < 4.78 is 5.05. The number of aliphatic hydroxyl groups excluding tert-OH is 1. The Morgan fingerprint density at radius 2 is 1.90 bits per heavy atom. The molecule has 0 spiro atoms. The highest BCUT2D eigenvalue weighted by molar-refractivity contribution is 6.00. The van der Waals surface area contributed by atoms with Gasteiger partial charge in [0.15, 0.2) is 0 Å². The highest BCUT2D eigenvalue weighted by Crippen LogP contribution is 2.34. The number of nitrogens with one attached hydrogen (secondary N) is 4. The normalized spacial score (nSPS) is 11.2. The molecule has 2 rings (SSSR count). The number of amides is 2. The number of hydrogen-bond acceptors (Lipinski definition) is 9. The Labute approximate surface area is 177 Å². The maximum absolute atomic E-state index is 12.5. The molecule has 166 valence electrons. The van der Waals surface area contributed by atoms with Crippen molar-refractivity contribution in [3.05, 3.63) is 52.1 Å². The average molecular weight is 433 g/mol. The van der Waals surface area contributed by atoms with Crippen LogP contribution in [0.15, 0.2) is 36.4 Å². The van der Waals surface area contributed by atoms with Gasteiger partial charge in [0.05, 0.1) is 24.3 Å². The Balaban J connectivity index is 2.25. The fourth-order valence-electron chi connectivity index (χ4n) is 2.62. The molecule has 0 aromatic heterocycles. The summed E-state index contributed by atoms with van der Waals surface area (Å²) in [5, 5.41) is 37.5. The van der Waals surface area contributed by atoms with Crippen LogP contribution < -0.4 is 26.2 Å². The van der Waals surface area contributed by atoms with E-state index in [4.69, 9.17) is 9.84 Å². The molecule has 0 aliphatic heterocycles. The van der Waals surface area contributed by atoms with Crippen molar-refractivity contribution in [3.63, 3.8) is 0 Å². The zero-order chi connectivity index (χ0) is 23.0. The molecule has 6 N–H and O–H groups in total. The molecule has 2 amide bonds. The van der Waals surface area contributed by atoms with Gasteiger partial charge < -0.3 is 25.8 Å². The van der Waals surface area contributed by atoms with Crippen molar-refractivity contribution in [2.45, 2.75) is 13.0 Å². The number of aliphatic hydroxyl groups is 1. The third-order valence-corrected chi connectivity index (χ3v) is 4.21. The van der Waals surface area contributed by atoms with Crippen molar-refractivity contribution < 1.29 is 29.6 Å². The first-order valence-electron chi connectivity index (χ1n) is 9.13. The Hall–Kier alpha value is -3.90. The van der Waals surface area contributed by atoms with Gasteiger partial charge in [0.25, 0.3) is 11.6 Å². The molecular weight excluding hydrogens is 410 g/mol. The number of nitrogens with zero attached hydrogens (tertiary/aromatic N) is 1. The van der Waals surface area contributed by atoms with Crippen molar-refractivity contribution >= 4 is 34.6 Å². The number of benzene rings is 2. The maximum atomic E-state index is 12.5. The van der Waals surface area contributed by atoms with Crippen molar-refractivity contribution in [1.82, 2.24) is 5.32 Å². The second-order valence-corrected chi connectivity index (χ2v) is 6.35. The molecule has 0 saturated heterocycles. The molecule has 0 aliphatic carbocycles. The SMILES string of the molecule is COc1ccc(NC(=O)C(C)Nc2c(NO)cc(C(=O)NCCO)cc2[N+](=O)[O-])cc1. The summed E-state index contributed by atoms with van der Waals surface area (Å²) >= 11 is 0. The number of carbonyl (C=O) groups excluding carboxylic acids is 2. The van der Waals surface area contributed by atoms with Crippen molar-refractivity contribution in [2.75, 3.05) is 36.4 Å². The molecule has 0 saturated carbocycles. The lowest BCUT2D eigenvalue weighted by Gasteiger charge is -2.18. The summed E-state index contributed by atoms with van der Waals surface area (Å²) in [7, 11) is 1.51. The van der Waals surface area contributed by atoms with Crippen LogP contribution in [0.25, 0.3) is 0 Å². The lowest BCUT2D eigenvalue weighted by Crippen LogP contribution is -2.32. The molecule has 0 heterocycles. The summed E-state index contributed by atoms with van der Waals surface area (Å²) in [6, 6.07) is 7.82. The quantitative estimate of drug-likeness (QED) is 0.240. The summed E-state index contributed by atoms with van der Waals surface area (Å²) in [5.74, 6) is -0.555. The number of hydrogen-bond donors (Lipinski definition) is 6. The molecule has 2 aromatic carbocycles. The number of carbonyl (C=O) groups is 2. The summed E-state index contributed by atoms with van der Waals surface area (Å²) in [6.45, 7) is 1.13. The Bertz CT molecular complexity index is 949. The molecule has 31 heavy (non-hydrogen) atoms. The van der Waals surface area contributed by atoms with Gasteiger partial charge in [0.2, 0.25) is 5.91 Å². The molecule has 2 aromatic rings. The van der Waals surface area contributed by atoms with E-state index in [0.29, 0.717) is 11.4 Å². The largest absolute Gasteiger partial charge is 0.497 e. The highest BCUT2D eigenvalue weighted by Gasteiger charge is 2.25. The topological polar surface area (TPSA) is 175 Å². The van der Waals surface area contributed by atoms with E-state index >= 15 is 0 Å². The Kier molecular flexibility index (Phi) is 8.11. The van der Waals surface area contributed by atoms with Crippen molar-refractivity contribution in [3.8, 4) is 5.75 Å². The lowest BCUT2D eigenvalue weighted by atomic mass is 10.1. The highest BCUT2D eigenvalue weighted by atomic mass is 16.6. The van der Waals surface area contributed by atoms with E-state index < -0.39 is 28.5 Å². The third-order valence-electron chi connectivity index (χ3n) is 4.21. The first-order valence-corrected chi connectivity index (χ1v) is 9.13. The van der Waals surface area contributed by atoms with Crippen LogP contribution in [0.4, 0.5) is 22.7 Å². The molecule has 0 fully saturated rings. The van der Waals surface area contributed by atoms with Gasteiger partial charge in [-0.3, -0.25) is 30.4 Å². The molecule has 0 bridgehead atoms. The van der Waals surface area contributed by atoms with E-state index in [0.717, 1.165) is 6.07 Å². The van der Waals surface area contributed by atoms with Crippen LogP contribution >= 0.6 is 0 Å². The van der Waals surface area contributed by atoms with Gasteiger partial charge in [-0.1, -0.05) is 0 Å². The minimum atomic E-state index is -0.943. The van der Waals surface area contributed by atoms with E-state index in [9.17, 15) is 24.9 Å². The van der Waals surface area contributed by atoms with Crippen LogP contribution in [0.5, 0.6) is 5.75 Å². The van der Waals surface area contributed by atoms with Crippen LogP contribution in [0, 0.1) is 10.1 Å². The monoisotopic (exact) mass is 433 g/mol. The number of rotatable bonds is 10. The van der Waals surface area contributed by atoms with Gasteiger partial charge in [-0.05, 0) is 37.3 Å². The van der Waals surface area contributed by atoms with E-state index in [2.05, 4.69) is 16.0 Å². The second-order valence-electron chi connectivity index (χ2n) is 6.35. The van der Waals surface area contributed by atoms with Gasteiger partial charge in [0.1, 0.15) is 17.5 Å². The standard InChI is InChI=1S/C19H23N5O7/c1-11(18(26)22-13-3-5-14(31-2)6-4-13)21-17-15(23-28)9-12(10-16(17)24(29)30)19(27)20-7-8-25/h3-6,9-11,21,23,25,28H,7-8H2,1-2H3,(H,20,27)(H,22,26). The zero-order valence-corrected chi connectivity index (χ0v) is 16.8. The smallest absolute Gasteiger partial charge is 0.295 e. The summed E-state index contributed by atoms with van der Waals surface area (Å²) in [6.07, 6.45) is 0. The van der Waals surface area contributed by atoms with Gasteiger partial charge in [-0.15, -0.1) is 0 Å². The number of anilines is 3. The minimum absolute atomic E-state index is 0.0446. The number of methoxy groups -OCH3 is 1. The van der Waals surface area contributed by atoms with Crippen molar-refractivity contribution in [1.29, 1.82) is 0 Å². The van der Waals surface area contributed by atoms with Crippen LogP contribution in [0.1, 0.15) is 17.3 Å². The molecular formula is C19H23N5O7. The van der Waals surface area contributed by atoms with Crippen molar-refractivity contribution in [2.24, 2.45) is 0 Å². The predicted octanol–water partition coefficient (Wildman–Crippen LogP) is 1.57. The number of nitro groups is 1. The maximum Gasteiger partial charge on any atom is 0.295 e. The van der Waals surface area contributed by atoms with E-state index in [-0.39, 0.29) is 30.1 Å². The molecule has 1 atom stereocenters. The van der Waals surface area contributed by atoms with E-state index in [1.807, 2.05) is 0 Å². The lowest BCUT2D eigenvalue weighted by molar-refractivity contribution is -0.383. The van der Waals surface area contributed by atoms with Gasteiger partial charge >= 0.3 is 0 Å². The van der Waals surface area contributed by atoms with Crippen LogP contribution in [0.2, 0.25) is 0 Å². The number of ether oxygens (including phenoxy) is 1. The fraction of sp³-hybridized carbons (Fsp3) is 0.263. The average Bonchev–Trinajstić information content (AvgIpc) is 2.77. The van der Waals surface area contributed by atoms with Crippen LogP contribution in [-0.2, 0) is 4.79 Å². The summed E-state index contributed by atoms with van der Waals surface area (Å²) in [4.78, 5) is 35.4. The Morgan fingerprint density at radius 1 is 1.23 bits per heavy atom. The molecule has 1 unspecified atom stereocenters. The van der Waals surface area contributed by atoms with E-state index in [1.165, 1.54) is 20.1 Å². The number of nitro benzene ring substituents is 1. The van der Waals surface area contributed by atoms with Gasteiger partial charge in [-0.25, -0.2) is 0 Å². The fourth-order valence-corrected chi connectivity index (χ4v) is 2.62. The second kappa shape index (κ2) is 10.8. The molecule has 0 aliphatic rings.